The van der Waals surface area contributed by atoms with Gasteiger partial charge in [-0.25, -0.2) is 0 Å². The molecule has 1 atom stereocenters. The highest BCUT2D eigenvalue weighted by molar-refractivity contribution is 7.99. The topological polar surface area (TPSA) is 41.5 Å². The van der Waals surface area contributed by atoms with E-state index in [9.17, 15) is 5.11 Å². The van der Waals surface area contributed by atoms with Gasteiger partial charge in [0.05, 0.1) is 12.7 Å². The van der Waals surface area contributed by atoms with Gasteiger partial charge in [-0.2, -0.15) is 11.8 Å². The van der Waals surface area contributed by atoms with Gasteiger partial charge < -0.3 is 15.2 Å². The zero-order valence-electron chi connectivity index (χ0n) is 12.0. The van der Waals surface area contributed by atoms with Gasteiger partial charge in [-0.3, -0.25) is 0 Å². The van der Waals surface area contributed by atoms with Gasteiger partial charge in [-0.1, -0.05) is 13.8 Å². The van der Waals surface area contributed by atoms with Crippen LogP contribution in [0.4, 0.5) is 0 Å². The lowest BCUT2D eigenvalue weighted by molar-refractivity contribution is 0.0245. The van der Waals surface area contributed by atoms with E-state index in [1.807, 2.05) is 11.8 Å². The van der Waals surface area contributed by atoms with Crippen LogP contribution in [0.2, 0.25) is 0 Å². The molecule has 3 nitrogen and oxygen atoms in total. The number of ether oxygens (including phenoxy) is 1. The third-order valence-electron chi connectivity index (χ3n) is 3.41. The lowest BCUT2D eigenvalue weighted by Gasteiger charge is -2.28. The molecule has 0 aromatic rings. The quantitative estimate of drug-likeness (QED) is 0.713. The maximum atomic E-state index is 9.80. The summed E-state index contributed by atoms with van der Waals surface area (Å²) in [6, 6.07) is 0.591. The minimum Gasteiger partial charge on any atom is -0.389 e. The number of nitrogens with one attached hydrogen (secondary N) is 1. The Kier molecular flexibility index (Phi) is 8.31. The molecule has 0 aromatic carbocycles. The van der Waals surface area contributed by atoms with E-state index in [0.717, 1.165) is 11.9 Å². The number of aliphatic hydroxyl groups is 1. The Morgan fingerprint density at radius 2 is 1.89 bits per heavy atom. The molecular weight excluding hydrogens is 246 g/mol. The first-order valence-electron chi connectivity index (χ1n) is 7.13. The molecule has 0 aliphatic heterocycles. The molecule has 0 bridgehead atoms. The first-order valence-corrected chi connectivity index (χ1v) is 8.42. The van der Waals surface area contributed by atoms with E-state index in [2.05, 4.69) is 25.4 Å². The SMILES string of the molecule is CSC1CCC(NCC(O)COCC(C)C)CC1. The van der Waals surface area contributed by atoms with Gasteiger partial charge in [0, 0.05) is 24.4 Å². The molecule has 108 valence electrons. The zero-order valence-corrected chi connectivity index (χ0v) is 12.8. The predicted octanol–water partition coefficient (Wildman–Crippen LogP) is 2.28. The second-order valence-corrected chi connectivity index (χ2v) is 6.84. The van der Waals surface area contributed by atoms with Crippen molar-refractivity contribution in [2.75, 3.05) is 26.0 Å². The van der Waals surface area contributed by atoms with Gasteiger partial charge in [0.15, 0.2) is 0 Å². The summed E-state index contributed by atoms with van der Waals surface area (Å²) in [6.07, 6.45) is 6.92. The van der Waals surface area contributed by atoms with E-state index in [0.29, 0.717) is 25.1 Å². The molecule has 0 saturated heterocycles. The lowest BCUT2D eigenvalue weighted by atomic mass is 9.95. The van der Waals surface area contributed by atoms with Crippen molar-refractivity contribution >= 4 is 11.8 Å². The van der Waals surface area contributed by atoms with E-state index in [-0.39, 0.29) is 6.10 Å². The largest absolute Gasteiger partial charge is 0.389 e. The van der Waals surface area contributed by atoms with Crippen LogP contribution in [-0.4, -0.2) is 48.5 Å². The van der Waals surface area contributed by atoms with Crippen LogP contribution in [0.1, 0.15) is 39.5 Å². The average Bonchev–Trinajstić information content (AvgIpc) is 2.36. The highest BCUT2D eigenvalue weighted by Gasteiger charge is 2.20. The molecule has 0 spiro atoms. The van der Waals surface area contributed by atoms with Crippen LogP contribution < -0.4 is 5.32 Å². The normalized spacial score (nSPS) is 26.5. The molecule has 0 radical (unpaired) electrons. The van der Waals surface area contributed by atoms with E-state index in [1.165, 1.54) is 25.7 Å². The molecule has 0 aromatic heterocycles. The lowest BCUT2D eigenvalue weighted by Crippen LogP contribution is -2.40. The van der Waals surface area contributed by atoms with Crippen molar-refractivity contribution in [3.63, 3.8) is 0 Å². The van der Waals surface area contributed by atoms with Crippen LogP contribution in [0.5, 0.6) is 0 Å². The van der Waals surface area contributed by atoms with Crippen molar-refractivity contribution in [3.8, 4) is 0 Å². The van der Waals surface area contributed by atoms with E-state index < -0.39 is 0 Å². The Hall–Kier alpha value is 0.230. The summed E-state index contributed by atoms with van der Waals surface area (Å²) >= 11 is 1.99. The number of thioether (sulfide) groups is 1. The molecule has 18 heavy (non-hydrogen) atoms. The molecule has 0 heterocycles. The van der Waals surface area contributed by atoms with Crippen molar-refractivity contribution in [3.05, 3.63) is 0 Å². The minimum atomic E-state index is -0.373. The second-order valence-electron chi connectivity index (χ2n) is 5.70. The van der Waals surface area contributed by atoms with E-state index in [1.54, 1.807) is 0 Å². The number of rotatable bonds is 8. The Morgan fingerprint density at radius 3 is 2.44 bits per heavy atom. The second kappa shape index (κ2) is 9.18. The fourth-order valence-electron chi connectivity index (χ4n) is 2.30. The first kappa shape index (κ1) is 16.3. The minimum absolute atomic E-state index is 0.373. The summed E-state index contributed by atoms with van der Waals surface area (Å²) in [5, 5.41) is 14.1. The summed E-state index contributed by atoms with van der Waals surface area (Å²) in [7, 11) is 0. The highest BCUT2D eigenvalue weighted by atomic mass is 32.2. The highest BCUT2D eigenvalue weighted by Crippen LogP contribution is 2.26. The molecule has 2 N–H and O–H groups in total. The van der Waals surface area contributed by atoms with Gasteiger partial charge in [0.2, 0.25) is 0 Å². The molecule has 1 saturated carbocycles. The molecule has 1 fully saturated rings. The Labute approximate surface area is 116 Å². The standard InChI is InChI=1S/C14H29NO2S/c1-11(2)9-17-10-13(16)8-15-12-4-6-14(18-3)7-5-12/h11-16H,4-10H2,1-3H3. The molecule has 1 rings (SSSR count). The molecule has 0 amide bonds. The van der Waals surface area contributed by atoms with Gasteiger partial charge in [-0.05, 0) is 37.9 Å². The Bertz CT molecular complexity index is 206. The van der Waals surface area contributed by atoms with Crippen LogP contribution in [0.15, 0.2) is 0 Å². The molecule has 1 aliphatic carbocycles. The maximum Gasteiger partial charge on any atom is 0.0897 e. The van der Waals surface area contributed by atoms with Crippen molar-refractivity contribution < 1.29 is 9.84 Å². The average molecular weight is 275 g/mol. The van der Waals surface area contributed by atoms with Crippen LogP contribution in [0, 0.1) is 5.92 Å². The predicted molar refractivity (Wildman–Crippen MR) is 79.2 cm³/mol. The van der Waals surface area contributed by atoms with Crippen LogP contribution >= 0.6 is 11.8 Å². The monoisotopic (exact) mass is 275 g/mol. The molecule has 1 aliphatic rings. The fourth-order valence-corrected chi connectivity index (χ4v) is 3.05. The molecule has 1 unspecified atom stereocenters. The van der Waals surface area contributed by atoms with Crippen molar-refractivity contribution in [1.29, 1.82) is 0 Å². The van der Waals surface area contributed by atoms with E-state index >= 15 is 0 Å². The van der Waals surface area contributed by atoms with Crippen LogP contribution in [0.3, 0.4) is 0 Å². The summed E-state index contributed by atoms with van der Waals surface area (Å²) in [5.41, 5.74) is 0. The van der Waals surface area contributed by atoms with Gasteiger partial charge >= 0.3 is 0 Å². The fraction of sp³-hybridized carbons (Fsp3) is 1.00. The summed E-state index contributed by atoms with van der Waals surface area (Å²) in [4.78, 5) is 0. The Morgan fingerprint density at radius 1 is 1.22 bits per heavy atom. The summed E-state index contributed by atoms with van der Waals surface area (Å²) < 4.78 is 5.44. The number of aliphatic hydroxyl groups excluding tert-OH is 1. The summed E-state index contributed by atoms with van der Waals surface area (Å²) in [6.45, 7) is 6.08. The zero-order chi connectivity index (χ0) is 13.4. The van der Waals surface area contributed by atoms with Gasteiger partial charge in [0.1, 0.15) is 0 Å². The van der Waals surface area contributed by atoms with Crippen molar-refractivity contribution in [2.24, 2.45) is 5.92 Å². The number of hydrogen-bond donors (Lipinski definition) is 2. The third kappa shape index (κ3) is 6.98. The van der Waals surface area contributed by atoms with Crippen molar-refractivity contribution in [2.45, 2.75) is 56.9 Å². The van der Waals surface area contributed by atoms with Crippen molar-refractivity contribution in [1.82, 2.24) is 5.32 Å². The third-order valence-corrected chi connectivity index (χ3v) is 4.55. The number of hydrogen-bond acceptors (Lipinski definition) is 4. The van der Waals surface area contributed by atoms with E-state index in [4.69, 9.17) is 4.74 Å². The summed E-state index contributed by atoms with van der Waals surface area (Å²) in [5.74, 6) is 0.534. The van der Waals surface area contributed by atoms with Gasteiger partial charge in [0.25, 0.3) is 0 Å². The smallest absolute Gasteiger partial charge is 0.0897 e. The van der Waals surface area contributed by atoms with Gasteiger partial charge in [-0.15, -0.1) is 0 Å². The first-order chi connectivity index (χ1) is 8.61. The maximum absolute atomic E-state index is 9.80. The van der Waals surface area contributed by atoms with Crippen LogP contribution in [0.25, 0.3) is 0 Å². The molecule has 4 heteroatoms. The molecular formula is C14H29NO2S. The Balaban J connectivity index is 2.02. The van der Waals surface area contributed by atoms with Crippen LogP contribution in [-0.2, 0) is 4.74 Å².